The molecule has 0 spiro atoms. The maximum absolute atomic E-state index is 12.5. The SMILES string of the molecule is Cc1nc(Nc2ccc(Nc3nc(C)nc(Nc4cc(S(=O)(=O)[O-])cc5cc(SOO[O-])c(N=Nc6cc(SOO[O-])ccc6C(=O)[O-])c(O)c45)n3)cc2)nc(Nc2cc(S(=O)(=O)[O-])cc3cc(SOO[O-])c(N=Nc4cc(SOO[O-])ccc4C(=O)[O-])c(O)c23)n1.[Na+].[Na+].[Na+].[Na+].[Na+].[Na+].[Na+].[Na+]. The minimum Gasteiger partial charge on any atom is -0.744 e. The fraction of sp³-hybridized carbons (Fsp3) is 0.0417. The van der Waals surface area contributed by atoms with Gasteiger partial charge in [-0.15, -0.1) is 20.5 Å². The van der Waals surface area contributed by atoms with Crippen LogP contribution in [0, 0.1) is 13.8 Å². The van der Waals surface area contributed by atoms with Crippen LogP contribution in [0.1, 0.15) is 32.4 Å². The van der Waals surface area contributed by atoms with Gasteiger partial charge in [0.2, 0.25) is 23.8 Å². The number of nitrogens with one attached hydrogen (secondary N) is 4. The number of hydrogen-bond acceptors (Lipinski definition) is 42. The summed E-state index contributed by atoms with van der Waals surface area (Å²) in [7, 11) is -10.5. The normalized spacial score (nSPS) is 11.0. The minimum atomic E-state index is -5.26. The molecule has 0 unspecified atom stereocenters. The van der Waals surface area contributed by atoms with Gasteiger partial charge in [-0.25, -0.2) is 16.8 Å². The van der Waals surface area contributed by atoms with Crippen molar-refractivity contribution >= 4 is 171 Å². The van der Waals surface area contributed by atoms with Gasteiger partial charge in [0.25, 0.3) is 0 Å². The van der Waals surface area contributed by atoms with Gasteiger partial charge in [0, 0.05) is 43.1 Å². The largest absolute Gasteiger partial charge is 1.00 e. The van der Waals surface area contributed by atoms with Crippen LogP contribution in [0.3, 0.4) is 0 Å². The van der Waals surface area contributed by atoms with E-state index in [1.807, 2.05) is 0 Å². The summed E-state index contributed by atoms with van der Waals surface area (Å²) in [5.41, 5.74) is -2.96. The predicted molar refractivity (Wildman–Crippen MR) is 298 cm³/mol. The van der Waals surface area contributed by atoms with Crippen LogP contribution in [0.2, 0.25) is 0 Å². The number of aromatic nitrogens is 6. The molecule has 2 heterocycles. The molecule has 6 N–H and O–H groups in total. The van der Waals surface area contributed by atoms with Gasteiger partial charge >= 0.3 is 236 Å². The Morgan fingerprint density at radius 2 is 0.760 bits per heavy atom. The molecule has 0 radical (unpaired) electrons. The Morgan fingerprint density at radius 3 is 1.07 bits per heavy atom. The third kappa shape index (κ3) is 26.0. The van der Waals surface area contributed by atoms with Crippen LogP contribution >= 0.6 is 48.2 Å². The molecule has 0 saturated carbocycles. The summed E-state index contributed by atoms with van der Waals surface area (Å²) >= 11 is 1.04. The van der Waals surface area contributed by atoms with Crippen molar-refractivity contribution in [1.82, 2.24) is 29.9 Å². The van der Waals surface area contributed by atoms with Crippen molar-refractivity contribution in [3.63, 3.8) is 0 Å². The standard InChI is InChI=1S/C48H36N14O24S6.8Na/c1-19-49-45(57-47(51-19)55-33-17-27(91(73,74)75)11-21-13-35(89-85-81-71)39(41(63)37(21)33)61-59-31-15-25(87-83-79-69)7-9-29(31)43(65)66)53-23-3-5-24(6-4-23)54-46-50-20(2)52-48(58-46)56-34-18-28(92(76,77)78)12-22-14-36(90-86-82-72)40(42(64)38(22)34)62-60-32-16-26(88-84-80-70)8-10-30(32)44(67)68;;;;;;;;/h3-18,63-64,69-72H,1-2H3,(H,65,66)(H,67,68)(H,73,74,75)(H,76,77,78)(H2,49,51,53,55,57)(H2,50,52,54,56,58);;;;;;;;/q;8*+1/p-8. The molecular weight excluding hydrogens is 1530 g/mol. The molecule has 9 aromatic rings. The van der Waals surface area contributed by atoms with Gasteiger partial charge in [-0.2, -0.15) is 47.2 Å². The molecule has 2 aromatic heterocycles. The first-order valence-corrected chi connectivity index (χ1v) is 30.0. The summed E-state index contributed by atoms with van der Waals surface area (Å²) in [6.07, 6.45) is 0. The molecule has 478 valence electrons. The molecular formula is C48H28N14Na8O24S6. The van der Waals surface area contributed by atoms with Crippen molar-refractivity contribution in [2.75, 3.05) is 21.3 Å². The predicted octanol–water partition coefficient (Wildman–Crippen LogP) is -20.3. The second kappa shape index (κ2) is 44.9. The second-order valence-corrected chi connectivity index (χ2v) is 23.3. The summed E-state index contributed by atoms with van der Waals surface area (Å²) in [5.74, 6) is -5.84. The van der Waals surface area contributed by atoms with E-state index in [0.29, 0.717) is 35.5 Å². The quantitative estimate of drug-likeness (QED) is 0.00662. The van der Waals surface area contributed by atoms with Gasteiger partial charge in [0.05, 0.1) is 102 Å². The maximum Gasteiger partial charge on any atom is 1.00 e. The smallest absolute Gasteiger partial charge is 0.744 e. The third-order valence-electron chi connectivity index (χ3n) is 11.7. The number of anilines is 8. The zero-order chi connectivity index (χ0) is 66.0. The number of carbonyl (C=O) groups is 2. The Balaban J connectivity index is 0.00000625. The zero-order valence-electron chi connectivity index (χ0n) is 53.0. The zero-order valence-corrected chi connectivity index (χ0v) is 73.9. The molecule has 100 heavy (non-hydrogen) atoms. The first-order chi connectivity index (χ1) is 43.9. The summed E-state index contributed by atoms with van der Waals surface area (Å²) in [6, 6.07) is 18.4. The van der Waals surface area contributed by atoms with Gasteiger partial charge in [-0.1, -0.05) is 0 Å². The molecule has 0 bridgehead atoms. The first-order valence-electron chi connectivity index (χ1n) is 24.2. The van der Waals surface area contributed by atoms with Crippen LogP contribution < -0.4 is 289 Å². The van der Waals surface area contributed by atoms with Gasteiger partial charge in [-0.3, -0.25) is 20.2 Å². The number of azo groups is 2. The van der Waals surface area contributed by atoms with E-state index in [-0.39, 0.29) is 348 Å². The van der Waals surface area contributed by atoms with Crippen molar-refractivity contribution in [2.45, 2.75) is 43.2 Å². The van der Waals surface area contributed by atoms with E-state index in [0.717, 1.165) is 60.7 Å². The summed E-state index contributed by atoms with van der Waals surface area (Å²) in [6.45, 7) is 2.91. The van der Waals surface area contributed by atoms with Crippen LogP contribution in [0.5, 0.6) is 11.5 Å². The Bertz CT molecular complexity index is 4400. The van der Waals surface area contributed by atoms with Crippen molar-refractivity contribution in [2.24, 2.45) is 20.5 Å². The molecule has 38 nitrogen and oxygen atoms in total. The molecule has 0 aliphatic rings. The van der Waals surface area contributed by atoms with E-state index < -0.39 is 87.3 Å². The molecule has 52 heteroatoms. The monoisotopic (exact) mass is 1560 g/mol. The van der Waals surface area contributed by atoms with Crippen LogP contribution in [0.4, 0.5) is 69.3 Å². The fourth-order valence-electron chi connectivity index (χ4n) is 8.10. The van der Waals surface area contributed by atoms with Gasteiger partial charge in [0.15, 0.2) is 11.5 Å². The number of aromatic carboxylic acids is 2. The van der Waals surface area contributed by atoms with E-state index in [4.69, 9.17) is 0 Å². The molecule has 0 amide bonds. The first kappa shape index (κ1) is 96.8. The topological polar surface area (TPSA) is 576 Å². The molecule has 0 saturated heterocycles. The number of carboxylic acids is 2. The summed E-state index contributed by atoms with van der Waals surface area (Å²) in [4.78, 5) is 47.6. The van der Waals surface area contributed by atoms with Crippen LogP contribution in [0.15, 0.2) is 147 Å². The third-order valence-corrected chi connectivity index (χ3v) is 15.7. The van der Waals surface area contributed by atoms with Crippen molar-refractivity contribution in [3.05, 3.63) is 120 Å². The number of aryl methyl sites for hydroxylation is 2. The van der Waals surface area contributed by atoms with Gasteiger partial charge < -0.3 is 81.4 Å². The Hall–Kier alpha value is -1.24. The van der Waals surface area contributed by atoms with Gasteiger partial charge in [0.1, 0.15) is 43.3 Å². The molecule has 0 aliphatic carbocycles. The number of hydrogen-bond donors (Lipinski definition) is 6. The number of carbonyl (C=O) groups excluding carboxylic acids is 2. The van der Waals surface area contributed by atoms with Crippen molar-refractivity contribution in [1.29, 1.82) is 0 Å². The van der Waals surface area contributed by atoms with E-state index in [9.17, 15) is 77.0 Å². The molecule has 0 aliphatic heterocycles. The number of carboxylic acid groups (broad SMARTS) is 2. The van der Waals surface area contributed by atoms with E-state index in [1.54, 1.807) is 0 Å². The number of benzene rings is 7. The van der Waals surface area contributed by atoms with Crippen LogP contribution in [-0.2, 0) is 57.7 Å². The van der Waals surface area contributed by atoms with Crippen LogP contribution in [-0.4, -0.2) is 78.0 Å². The minimum absolute atomic E-state index is 0. The van der Waals surface area contributed by atoms with Crippen LogP contribution in [0.25, 0.3) is 21.5 Å². The summed E-state index contributed by atoms with van der Waals surface area (Å²) in [5, 5.41) is 130. The number of phenolic OH excluding ortho intramolecular Hbond substituents is 2. The van der Waals surface area contributed by atoms with E-state index in [1.165, 1.54) is 50.2 Å². The molecule has 0 atom stereocenters. The number of fused-ring (bicyclic) bond motifs is 2. The van der Waals surface area contributed by atoms with E-state index in [2.05, 4.69) is 109 Å². The molecule has 9 rings (SSSR count). The van der Waals surface area contributed by atoms with E-state index >= 15 is 0 Å². The Morgan fingerprint density at radius 1 is 0.440 bits per heavy atom. The fourth-order valence-corrected chi connectivity index (χ4v) is 10.9. The summed E-state index contributed by atoms with van der Waals surface area (Å²) < 4.78 is 92.3. The maximum atomic E-state index is 12.5. The number of phenols is 2. The Labute approximate surface area is 756 Å². The average molecular weight is 1560 g/mol. The average Bonchev–Trinajstić information content (AvgIpc) is 0.762. The van der Waals surface area contributed by atoms with Gasteiger partial charge in [-0.05, 0) is 122 Å². The second-order valence-electron chi connectivity index (χ2n) is 17.5. The Kier molecular flexibility index (Phi) is 43.5. The number of nitrogens with zero attached hydrogens (tertiary/aromatic N) is 10. The number of rotatable bonds is 28. The molecule has 0 fully saturated rings. The molecule has 7 aromatic carbocycles. The van der Waals surface area contributed by atoms with Crippen molar-refractivity contribution < 1.29 is 351 Å². The number of aromatic hydroxyl groups is 2. The van der Waals surface area contributed by atoms with Crippen molar-refractivity contribution in [3.8, 4) is 11.5 Å².